The van der Waals surface area contributed by atoms with Gasteiger partial charge in [-0.05, 0) is 32.0 Å². The van der Waals surface area contributed by atoms with Crippen molar-refractivity contribution in [2.24, 2.45) is 0 Å². The first-order valence-corrected chi connectivity index (χ1v) is 7.46. The van der Waals surface area contributed by atoms with E-state index in [4.69, 9.17) is 4.74 Å². The third-order valence-electron chi connectivity index (χ3n) is 3.49. The number of aromatic amines is 1. The van der Waals surface area contributed by atoms with Crippen molar-refractivity contribution in [1.82, 2.24) is 14.9 Å². The number of aromatic nitrogens is 2. The average molecular weight is 289 g/mol. The van der Waals surface area contributed by atoms with Crippen LogP contribution in [0.3, 0.4) is 0 Å². The summed E-state index contributed by atoms with van der Waals surface area (Å²) in [4.78, 5) is 22.1. The number of methoxy groups -OCH3 is 1. The number of fused-ring (bicyclic) bond motifs is 1. The monoisotopic (exact) mass is 289 g/mol. The zero-order valence-electron chi connectivity index (χ0n) is 13.0. The molecule has 2 heterocycles. The number of ketones is 1. The minimum absolute atomic E-state index is 0.123. The second kappa shape index (κ2) is 7.22. The van der Waals surface area contributed by atoms with Crippen LogP contribution in [0.25, 0.3) is 11.0 Å². The average Bonchev–Trinajstić information content (AvgIpc) is 2.90. The first kappa shape index (κ1) is 15.5. The Labute approximate surface area is 125 Å². The summed E-state index contributed by atoms with van der Waals surface area (Å²) >= 11 is 0. The Balaban J connectivity index is 2.22. The molecule has 2 rings (SSSR count). The Morgan fingerprint density at radius 2 is 2.05 bits per heavy atom. The van der Waals surface area contributed by atoms with E-state index in [0.717, 1.165) is 37.0 Å². The molecule has 0 bridgehead atoms. The molecule has 5 nitrogen and oxygen atoms in total. The van der Waals surface area contributed by atoms with Gasteiger partial charge in [0.05, 0.1) is 19.9 Å². The van der Waals surface area contributed by atoms with Crippen molar-refractivity contribution in [1.29, 1.82) is 0 Å². The molecule has 0 saturated heterocycles. The van der Waals surface area contributed by atoms with Crippen molar-refractivity contribution in [2.75, 3.05) is 26.7 Å². The summed E-state index contributed by atoms with van der Waals surface area (Å²) in [7, 11) is 1.60. The van der Waals surface area contributed by atoms with Gasteiger partial charge in [0.2, 0.25) is 0 Å². The number of carbonyl (C=O) groups is 1. The van der Waals surface area contributed by atoms with E-state index in [1.807, 2.05) is 6.07 Å². The smallest absolute Gasteiger partial charge is 0.179 e. The molecule has 114 valence electrons. The number of pyridine rings is 1. The molecule has 0 aliphatic rings. The highest BCUT2D eigenvalue weighted by Crippen LogP contribution is 2.22. The molecular formula is C16H23N3O2. The van der Waals surface area contributed by atoms with Crippen molar-refractivity contribution in [3.05, 3.63) is 24.0 Å². The van der Waals surface area contributed by atoms with E-state index in [9.17, 15) is 4.79 Å². The van der Waals surface area contributed by atoms with E-state index < -0.39 is 0 Å². The van der Waals surface area contributed by atoms with Crippen molar-refractivity contribution >= 4 is 16.8 Å². The van der Waals surface area contributed by atoms with E-state index in [1.54, 1.807) is 19.5 Å². The summed E-state index contributed by atoms with van der Waals surface area (Å²) in [6.45, 7) is 6.61. The van der Waals surface area contributed by atoms with Crippen LogP contribution in [0.4, 0.5) is 0 Å². The molecule has 0 saturated carbocycles. The van der Waals surface area contributed by atoms with Crippen LogP contribution < -0.4 is 4.74 Å². The lowest BCUT2D eigenvalue weighted by Gasteiger charge is -2.19. The Kier molecular flexibility index (Phi) is 5.33. The third-order valence-corrected chi connectivity index (χ3v) is 3.49. The Hall–Kier alpha value is -1.88. The minimum Gasteiger partial charge on any atom is -0.495 e. The molecule has 1 N–H and O–H groups in total. The first-order chi connectivity index (χ1) is 10.2. The van der Waals surface area contributed by atoms with Gasteiger partial charge in [0.25, 0.3) is 0 Å². The van der Waals surface area contributed by atoms with Gasteiger partial charge in [0.15, 0.2) is 5.78 Å². The number of ether oxygens (including phenoxy) is 1. The normalized spacial score (nSPS) is 11.2. The molecule has 0 atom stereocenters. The molecule has 0 fully saturated rings. The number of nitrogens with one attached hydrogen (secondary N) is 1. The highest BCUT2D eigenvalue weighted by Gasteiger charge is 2.16. The lowest BCUT2D eigenvalue weighted by atomic mass is 10.1. The summed E-state index contributed by atoms with van der Waals surface area (Å²) in [5.74, 6) is 0.785. The SMILES string of the molecule is CCCN(CCC)CC(=O)c1c[nH]c2ncc(OC)cc12. The van der Waals surface area contributed by atoms with Gasteiger partial charge in [0, 0.05) is 17.1 Å². The van der Waals surface area contributed by atoms with Crippen LogP contribution in [-0.4, -0.2) is 47.4 Å². The fourth-order valence-electron chi connectivity index (χ4n) is 2.52. The number of hydrogen-bond acceptors (Lipinski definition) is 4. The Bertz CT molecular complexity index is 601. The number of nitrogens with zero attached hydrogens (tertiary/aromatic N) is 2. The molecule has 21 heavy (non-hydrogen) atoms. The van der Waals surface area contributed by atoms with E-state index in [2.05, 4.69) is 28.7 Å². The predicted octanol–water partition coefficient (Wildman–Crippen LogP) is 2.88. The largest absolute Gasteiger partial charge is 0.495 e. The molecule has 5 heteroatoms. The van der Waals surface area contributed by atoms with Crippen molar-refractivity contribution in [2.45, 2.75) is 26.7 Å². The third kappa shape index (κ3) is 3.61. The van der Waals surface area contributed by atoms with E-state index >= 15 is 0 Å². The standard InChI is InChI=1S/C16H23N3O2/c1-4-6-19(7-5-2)11-15(20)14-10-18-16-13(14)8-12(21-3)9-17-16/h8-10H,4-7,11H2,1-3H3,(H,17,18). The first-order valence-electron chi connectivity index (χ1n) is 7.46. The van der Waals surface area contributed by atoms with Gasteiger partial charge >= 0.3 is 0 Å². The zero-order chi connectivity index (χ0) is 15.2. The minimum atomic E-state index is 0.123. The second-order valence-electron chi connectivity index (χ2n) is 5.17. The van der Waals surface area contributed by atoms with E-state index in [1.165, 1.54) is 0 Å². The van der Waals surface area contributed by atoms with Crippen molar-refractivity contribution in [3.8, 4) is 5.75 Å². The maximum Gasteiger partial charge on any atom is 0.179 e. The topological polar surface area (TPSA) is 58.2 Å². The fourth-order valence-corrected chi connectivity index (χ4v) is 2.52. The fraction of sp³-hybridized carbons (Fsp3) is 0.500. The van der Waals surface area contributed by atoms with E-state index in [0.29, 0.717) is 17.9 Å². The van der Waals surface area contributed by atoms with Crippen molar-refractivity contribution in [3.63, 3.8) is 0 Å². The second-order valence-corrected chi connectivity index (χ2v) is 5.17. The number of hydrogen-bond donors (Lipinski definition) is 1. The van der Waals surface area contributed by atoms with Crippen LogP contribution in [0.2, 0.25) is 0 Å². The van der Waals surface area contributed by atoms with Gasteiger partial charge in [-0.25, -0.2) is 4.98 Å². The van der Waals surface area contributed by atoms with Crippen LogP contribution in [0.1, 0.15) is 37.0 Å². The summed E-state index contributed by atoms with van der Waals surface area (Å²) in [6.07, 6.45) is 5.50. The predicted molar refractivity (Wildman–Crippen MR) is 84.0 cm³/mol. The lowest BCUT2D eigenvalue weighted by molar-refractivity contribution is 0.0932. The van der Waals surface area contributed by atoms with Gasteiger partial charge in [-0.15, -0.1) is 0 Å². The Morgan fingerprint density at radius 1 is 1.33 bits per heavy atom. The summed E-state index contributed by atoms with van der Waals surface area (Å²) in [5, 5.41) is 0.826. The van der Waals surface area contributed by atoms with Gasteiger partial charge < -0.3 is 9.72 Å². The highest BCUT2D eigenvalue weighted by molar-refractivity contribution is 6.08. The molecule has 0 amide bonds. The zero-order valence-corrected chi connectivity index (χ0v) is 13.0. The van der Waals surface area contributed by atoms with Crippen LogP contribution in [0.5, 0.6) is 5.75 Å². The molecule has 0 spiro atoms. The summed E-state index contributed by atoms with van der Waals surface area (Å²) in [5.41, 5.74) is 1.41. The van der Waals surface area contributed by atoms with Gasteiger partial charge in [-0.1, -0.05) is 13.8 Å². The van der Waals surface area contributed by atoms with Gasteiger partial charge in [-0.2, -0.15) is 0 Å². The quantitative estimate of drug-likeness (QED) is 0.759. The maximum atomic E-state index is 12.5. The molecule has 2 aromatic rings. The number of rotatable bonds is 8. The molecule has 0 aliphatic carbocycles. The van der Waals surface area contributed by atoms with Crippen LogP contribution >= 0.6 is 0 Å². The number of Topliss-reactive ketones (excluding diaryl/α,β-unsaturated/α-hetero) is 1. The number of H-pyrrole nitrogens is 1. The van der Waals surface area contributed by atoms with Crippen molar-refractivity contribution < 1.29 is 9.53 Å². The molecule has 2 aromatic heterocycles. The molecule has 0 aliphatic heterocycles. The van der Waals surface area contributed by atoms with E-state index in [-0.39, 0.29) is 5.78 Å². The molecular weight excluding hydrogens is 266 g/mol. The van der Waals surface area contributed by atoms with Crippen LogP contribution in [-0.2, 0) is 0 Å². The Morgan fingerprint density at radius 3 is 2.67 bits per heavy atom. The summed E-state index contributed by atoms with van der Waals surface area (Å²) < 4.78 is 5.19. The molecule has 0 unspecified atom stereocenters. The highest BCUT2D eigenvalue weighted by atomic mass is 16.5. The van der Waals surface area contributed by atoms with Gasteiger partial charge in [-0.3, -0.25) is 9.69 Å². The summed E-state index contributed by atoms with van der Waals surface area (Å²) in [6, 6.07) is 1.86. The molecule has 0 radical (unpaired) electrons. The number of carbonyl (C=O) groups excluding carboxylic acids is 1. The van der Waals surface area contributed by atoms with Gasteiger partial charge in [0.1, 0.15) is 11.4 Å². The molecule has 0 aromatic carbocycles. The maximum absolute atomic E-state index is 12.5. The van der Waals surface area contributed by atoms with Crippen LogP contribution in [0.15, 0.2) is 18.5 Å². The van der Waals surface area contributed by atoms with Crippen LogP contribution in [0, 0.1) is 0 Å². The lowest BCUT2D eigenvalue weighted by Crippen LogP contribution is -2.31.